The van der Waals surface area contributed by atoms with Crippen molar-refractivity contribution in [2.24, 2.45) is 11.7 Å². The van der Waals surface area contributed by atoms with Crippen LogP contribution < -0.4 is 5.73 Å². The predicted molar refractivity (Wildman–Crippen MR) is 114 cm³/mol. The third kappa shape index (κ3) is 4.89. The molecule has 0 unspecified atom stereocenters. The molecule has 0 radical (unpaired) electrons. The number of pyridine rings is 1. The summed E-state index contributed by atoms with van der Waals surface area (Å²) in [6.45, 7) is 7.27. The van der Waals surface area contributed by atoms with E-state index in [1.807, 2.05) is 20.8 Å². The highest BCUT2D eigenvalue weighted by Crippen LogP contribution is 2.33. The maximum Gasteiger partial charge on any atom is 0.335 e. The number of primary amides is 1. The van der Waals surface area contributed by atoms with Crippen LogP contribution in [0.1, 0.15) is 65.4 Å². The van der Waals surface area contributed by atoms with E-state index in [1.54, 1.807) is 12.1 Å². The average Bonchev–Trinajstić information content (AvgIpc) is 2.65. The Bertz CT molecular complexity index is 1010. The molecule has 8 heteroatoms. The van der Waals surface area contributed by atoms with Gasteiger partial charge in [-0.15, -0.1) is 0 Å². The number of nitrogens with two attached hydrogens (primary N) is 1. The molecule has 30 heavy (non-hydrogen) atoms. The molecular formula is C22H26N4O4. The molecule has 2 aromatic rings. The molecule has 0 spiro atoms. The lowest BCUT2D eigenvalue weighted by atomic mass is 9.88. The number of nitrogens with one attached hydrogen (secondary N) is 2. The molecule has 0 aliphatic rings. The number of hydrogen-bond acceptors (Lipinski definition) is 6. The van der Waals surface area contributed by atoms with Gasteiger partial charge in [0.15, 0.2) is 5.90 Å². The third-order valence-electron chi connectivity index (χ3n) is 4.43. The molecule has 0 fully saturated rings. The summed E-state index contributed by atoms with van der Waals surface area (Å²) in [7, 11) is 0. The van der Waals surface area contributed by atoms with Crippen LogP contribution in [0.25, 0.3) is 11.1 Å². The number of carbonyl (C=O) groups excluding carboxylic acids is 1. The van der Waals surface area contributed by atoms with Crippen molar-refractivity contribution in [2.45, 2.75) is 40.5 Å². The summed E-state index contributed by atoms with van der Waals surface area (Å²) in [5.74, 6) is -2.06. The average molecular weight is 410 g/mol. The number of aromatic nitrogens is 1. The van der Waals surface area contributed by atoms with Gasteiger partial charge in [-0.1, -0.05) is 32.9 Å². The summed E-state index contributed by atoms with van der Waals surface area (Å²) in [4.78, 5) is 28.4. The number of benzene rings is 1. The Balaban J connectivity index is 2.93. The van der Waals surface area contributed by atoms with Gasteiger partial charge in [-0.2, -0.15) is 0 Å². The van der Waals surface area contributed by atoms with Crippen molar-refractivity contribution in [3.05, 3.63) is 52.3 Å². The van der Waals surface area contributed by atoms with Crippen LogP contribution in [0.4, 0.5) is 0 Å². The number of hydrogen-bond donors (Lipinski definition) is 4. The number of carboxylic acid groups (broad SMARTS) is 1. The van der Waals surface area contributed by atoms with E-state index in [9.17, 15) is 14.7 Å². The van der Waals surface area contributed by atoms with Gasteiger partial charge in [0, 0.05) is 12.5 Å². The van der Waals surface area contributed by atoms with E-state index in [2.05, 4.69) is 4.98 Å². The van der Waals surface area contributed by atoms with E-state index in [1.165, 1.54) is 19.1 Å². The number of carboxylic acids is 1. The minimum absolute atomic E-state index is 0.0924. The first-order chi connectivity index (χ1) is 14.1. The Morgan fingerprint density at radius 2 is 1.73 bits per heavy atom. The van der Waals surface area contributed by atoms with Gasteiger partial charge in [0.25, 0.3) is 5.91 Å². The normalized spacial score (nSPS) is 10.7. The number of aryl methyl sites for hydroxylation is 1. The molecule has 0 atom stereocenters. The van der Waals surface area contributed by atoms with E-state index >= 15 is 0 Å². The third-order valence-corrected chi connectivity index (χ3v) is 4.43. The van der Waals surface area contributed by atoms with Crippen LogP contribution in [0.2, 0.25) is 0 Å². The lowest BCUT2D eigenvalue weighted by Crippen LogP contribution is -2.23. The molecule has 0 saturated carbocycles. The van der Waals surface area contributed by atoms with Gasteiger partial charge in [-0.05, 0) is 36.5 Å². The number of amides is 1. The second-order valence-electron chi connectivity index (χ2n) is 7.32. The fourth-order valence-electron chi connectivity index (χ4n) is 3.26. The summed E-state index contributed by atoms with van der Waals surface area (Å²) in [6, 6.07) is 5.98. The summed E-state index contributed by atoms with van der Waals surface area (Å²) in [5.41, 5.74) is 8.23. The summed E-state index contributed by atoms with van der Waals surface area (Å²) < 4.78 is 5.24. The zero-order valence-electron chi connectivity index (χ0n) is 17.5. The number of carbonyl (C=O) groups is 2. The highest BCUT2D eigenvalue weighted by atomic mass is 16.5. The molecule has 5 N–H and O–H groups in total. The lowest BCUT2D eigenvalue weighted by Gasteiger charge is -2.21. The van der Waals surface area contributed by atoms with Crippen LogP contribution in [-0.2, 0) is 17.6 Å². The topological polar surface area (TPSA) is 150 Å². The Kier molecular flexibility index (Phi) is 7.05. The van der Waals surface area contributed by atoms with E-state index in [-0.39, 0.29) is 34.4 Å². The van der Waals surface area contributed by atoms with Crippen molar-refractivity contribution in [2.75, 3.05) is 0 Å². The van der Waals surface area contributed by atoms with Crippen LogP contribution in [-0.4, -0.2) is 33.8 Å². The van der Waals surface area contributed by atoms with E-state index in [0.29, 0.717) is 35.4 Å². The van der Waals surface area contributed by atoms with Gasteiger partial charge in [0.2, 0.25) is 5.90 Å². The standard InChI is InChI=1S/C22H26N4O4/c1-5-15-19(21(25)30-12(4)23)17(13-6-8-14(9-7-13)22(28)29)18(20(24)27)16(26-15)10-11(2)3/h6-9,11,23,25H,5,10H2,1-4H3,(H2,24,27)(H,28,29). The zero-order chi connectivity index (χ0) is 22.6. The molecule has 1 aromatic heterocycles. The second kappa shape index (κ2) is 9.30. The highest BCUT2D eigenvalue weighted by Gasteiger charge is 2.27. The first kappa shape index (κ1) is 22.7. The number of ether oxygens (including phenoxy) is 1. The monoisotopic (exact) mass is 410 g/mol. The number of rotatable bonds is 7. The van der Waals surface area contributed by atoms with E-state index in [4.69, 9.17) is 21.3 Å². The minimum Gasteiger partial charge on any atom is -0.478 e. The second-order valence-corrected chi connectivity index (χ2v) is 7.32. The van der Waals surface area contributed by atoms with Crippen LogP contribution in [0.3, 0.4) is 0 Å². The molecule has 0 saturated heterocycles. The smallest absolute Gasteiger partial charge is 0.335 e. The lowest BCUT2D eigenvalue weighted by molar-refractivity contribution is 0.0696. The Labute approximate surface area is 175 Å². The van der Waals surface area contributed by atoms with Gasteiger partial charge in [-0.3, -0.25) is 20.6 Å². The molecule has 1 heterocycles. The van der Waals surface area contributed by atoms with Crippen molar-refractivity contribution in [1.82, 2.24) is 4.98 Å². The fourth-order valence-corrected chi connectivity index (χ4v) is 3.26. The maximum absolute atomic E-state index is 12.5. The predicted octanol–water partition coefficient (Wildman–Crippen LogP) is 3.65. The minimum atomic E-state index is -1.07. The Morgan fingerprint density at radius 1 is 1.13 bits per heavy atom. The molecule has 0 aliphatic heterocycles. The van der Waals surface area contributed by atoms with Crippen molar-refractivity contribution >= 4 is 23.7 Å². The number of nitrogens with zero attached hydrogens (tertiary/aromatic N) is 1. The van der Waals surface area contributed by atoms with Crippen molar-refractivity contribution in [3.63, 3.8) is 0 Å². The summed E-state index contributed by atoms with van der Waals surface area (Å²) in [5, 5.41) is 25.2. The van der Waals surface area contributed by atoms with Crippen molar-refractivity contribution in [1.29, 1.82) is 10.8 Å². The largest absolute Gasteiger partial charge is 0.478 e. The molecule has 0 aliphatic carbocycles. The SMILES string of the molecule is CCc1nc(CC(C)C)c(C(N)=O)c(-c2ccc(C(=O)O)cc2)c1C(=N)OC(C)=N. The van der Waals surface area contributed by atoms with Crippen molar-refractivity contribution in [3.8, 4) is 11.1 Å². The maximum atomic E-state index is 12.5. The first-order valence-electron chi connectivity index (χ1n) is 9.57. The van der Waals surface area contributed by atoms with E-state index < -0.39 is 11.9 Å². The fraction of sp³-hybridized carbons (Fsp3) is 0.318. The molecule has 1 aromatic carbocycles. The van der Waals surface area contributed by atoms with Gasteiger partial charge in [0.05, 0.1) is 28.1 Å². The van der Waals surface area contributed by atoms with Gasteiger partial charge >= 0.3 is 5.97 Å². The summed E-state index contributed by atoms with van der Waals surface area (Å²) in [6.07, 6.45) is 0.964. The van der Waals surface area contributed by atoms with E-state index in [0.717, 1.165) is 0 Å². The van der Waals surface area contributed by atoms with Crippen LogP contribution in [0.15, 0.2) is 24.3 Å². The molecule has 158 valence electrons. The molecule has 1 amide bonds. The molecule has 2 rings (SSSR count). The van der Waals surface area contributed by atoms with Crippen LogP contribution >= 0.6 is 0 Å². The Hall–Kier alpha value is -3.55. The molecule has 8 nitrogen and oxygen atoms in total. The van der Waals surface area contributed by atoms with Crippen LogP contribution in [0.5, 0.6) is 0 Å². The number of aromatic carboxylic acids is 1. The van der Waals surface area contributed by atoms with Gasteiger partial charge in [-0.25, -0.2) is 4.79 Å². The summed E-state index contributed by atoms with van der Waals surface area (Å²) >= 11 is 0. The molecule has 0 bridgehead atoms. The first-order valence-corrected chi connectivity index (χ1v) is 9.57. The highest BCUT2D eigenvalue weighted by molar-refractivity contribution is 6.11. The van der Waals surface area contributed by atoms with Crippen LogP contribution in [0, 0.1) is 16.7 Å². The molecular weight excluding hydrogens is 384 g/mol. The van der Waals surface area contributed by atoms with Gasteiger partial charge in [0.1, 0.15) is 0 Å². The van der Waals surface area contributed by atoms with Crippen molar-refractivity contribution < 1.29 is 19.4 Å². The van der Waals surface area contributed by atoms with Gasteiger partial charge < -0.3 is 15.6 Å². The quantitative estimate of drug-likeness (QED) is 0.406. The Morgan fingerprint density at radius 3 is 2.17 bits per heavy atom. The zero-order valence-corrected chi connectivity index (χ0v) is 17.5.